The van der Waals surface area contributed by atoms with Crippen LogP contribution in [0.1, 0.15) is 60.7 Å². The Morgan fingerprint density at radius 2 is 1.81 bits per heavy atom. The fraction of sp³-hybridized carbons (Fsp3) is 0.538. The molecule has 4 heterocycles. The molecule has 1 aromatic carbocycles. The number of halogens is 3. The maximum atomic E-state index is 13.4. The van der Waals surface area contributed by atoms with Crippen molar-refractivity contribution in [2.24, 2.45) is 11.8 Å². The number of nitrogens with one attached hydrogen (secondary N) is 1. The highest BCUT2D eigenvalue weighted by atomic mass is 19.4. The van der Waals surface area contributed by atoms with Crippen LogP contribution in [0.2, 0.25) is 0 Å². The standard InChI is InChI=1S/C26H30F3N7/c1-16-11-22(31-15-30-16)35-13-18-8-9-19(14-35)23(18)32-25-33-24-21(7-2-3-10-36(24)34-25)17-5-4-6-20(12-17)26(27,28)29/h4-6,11-12,15,18-19,21,23H,2-3,7-10,13-14H2,1H3,(H,32,34)/t18-,19?,21?,23?/m0/s1. The van der Waals surface area contributed by atoms with Crippen LogP contribution < -0.4 is 10.2 Å². The van der Waals surface area contributed by atoms with Gasteiger partial charge in [-0.3, -0.25) is 0 Å². The Balaban J connectivity index is 1.22. The van der Waals surface area contributed by atoms with Crippen molar-refractivity contribution >= 4 is 11.8 Å². The van der Waals surface area contributed by atoms with E-state index in [4.69, 9.17) is 10.1 Å². The van der Waals surface area contributed by atoms with E-state index in [9.17, 15) is 13.2 Å². The molecule has 10 heteroatoms. The molecule has 2 aromatic heterocycles. The molecule has 4 atom stereocenters. The number of piperidine rings is 1. The third kappa shape index (κ3) is 4.41. The molecule has 0 radical (unpaired) electrons. The molecule has 36 heavy (non-hydrogen) atoms. The zero-order valence-electron chi connectivity index (χ0n) is 20.2. The van der Waals surface area contributed by atoms with Crippen LogP contribution in [-0.4, -0.2) is 43.9 Å². The SMILES string of the molecule is Cc1cc(N2CC3CC[C@@H](C2)C3Nc2nc3n(n2)CCCCC3c2cccc(C(F)(F)F)c2)ncn1. The smallest absolute Gasteiger partial charge is 0.356 e. The minimum atomic E-state index is -4.36. The fourth-order valence-electron chi connectivity index (χ4n) is 6.23. The summed E-state index contributed by atoms with van der Waals surface area (Å²) in [5.74, 6) is 3.06. The van der Waals surface area contributed by atoms with Crippen LogP contribution in [0.4, 0.5) is 24.9 Å². The van der Waals surface area contributed by atoms with Gasteiger partial charge in [-0.05, 0) is 56.1 Å². The molecule has 3 aliphatic rings. The molecule has 7 nitrogen and oxygen atoms in total. The summed E-state index contributed by atoms with van der Waals surface area (Å²) in [5.41, 5.74) is 1.00. The molecule has 0 amide bonds. The molecular formula is C26H30F3N7. The Morgan fingerprint density at radius 3 is 2.56 bits per heavy atom. The lowest BCUT2D eigenvalue weighted by atomic mass is 9.92. The maximum Gasteiger partial charge on any atom is 0.416 e. The summed E-state index contributed by atoms with van der Waals surface area (Å²) in [6.45, 7) is 4.56. The van der Waals surface area contributed by atoms with E-state index < -0.39 is 11.7 Å². The van der Waals surface area contributed by atoms with E-state index in [1.54, 1.807) is 12.4 Å². The molecule has 3 unspecified atom stereocenters. The molecular weight excluding hydrogens is 467 g/mol. The minimum Gasteiger partial charge on any atom is -0.356 e. The highest BCUT2D eigenvalue weighted by molar-refractivity contribution is 5.42. The average Bonchev–Trinajstić information content (AvgIpc) is 3.25. The van der Waals surface area contributed by atoms with Crippen molar-refractivity contribution in [3.8, 4) is 0 Å². The van der Waals surface area contributed by atoms with Crippen LogP contribution in [0.5, 0.6) is 0 Å². The zero-order chi connectivity index (χ0) is 24.9. The van der Waals surface area contributed by atoms with Gasteiger partial charge in [0.15, 0.2) is 0 Å². The van der Waals surface area contributed by atoms with Gasteiger partial charge in [-0.2, -0.15) is 18.2 Å². The number of aryl methyl sites for hydroxylation is 2. The molecule has 2 aliphatic heterocycles. The monoisotopic (exact) mass is 497 g/mol. The number of hydrogen-bond donors (Lipinski definition) is 1. The number of aromatic nitrogens is 5. The van der Waals surface area contributed by atoms with Crippen molar-refractivity contribution in [1.82, 2.24) is 24.7 Å². The van der Waals surface area contributed by atoms with Crippen LogP contribution in [0.3, 0.4) is 0 Å². The average molecular weight is 498 g/mol. The van der Waals surface area contributed by atoms with Gasteiger partial charge in [0.05, 0.1) is 5.56 Å². The highest BCUT2D eigenvalue weighted by Gasteiger charge is 2.43. The molecule has 1 N–H and O–H groups in total. The van der Waals surface area contributed by atoms with Gasteiger partial charge in [-0.1, -0.05) is 24.6 Å². The summed E-state index contributed by atoms with van der Waals surface area (Å²) in [6, 6.07) is 7.99. The quantitative estimate of drug-likeness (QED) is 0.545. The fourth-order valence-corrected chi connectivity index (χ4v) is 6.23. The van der Waals surface area contributed by atoms with Crippen LogP contribution in [0.15, 0.2) is 36.7 Å². The van der Waals surface area contributed by atoms with E-state index in [2.05, 4.69) is 20.2 Å². The van der Waals surface area contributed by atoms with E-state index in [1.165, 1.54) is 12.1 Å². The first kappa shape index (κ1) is 23.2. The van der Waals surface area contributed by atoms with E-state index in [0.717, 1.165) is 75.1 Å². The van der Waals surface area contributed by atoms with Gasteiger partial charge in [0, 0.05) is 43.4 Å². The minimum absolute atomic E-state index is 0.197. The Kier molecular flexibility index (Phi) is 5.84. The topological polar surface area (TPSA) is 71.8 Å². The van der Waals surface area contributed by atoms with E-state index in [0.29, 0.717) is 23.3 Å². The van der Waals surface area contributed by atoms with Gasteiger partial charge < -0.3 is 10.2 Å². The normalized spacial score (nSPS) is 25.9. The van der Waals surface area contributed by atoms with Crippen LogP contribution in [0.25, 0.3) is 0 Å². The predicted octanol–water partition coefficient (Wildman–Crippen LogP) is 5.04. The first-order valence-corrected chi connectivity index (χ1v) is 12.8. The molecule has 0 spiro atoms. The summed E-state index contributed by atoms with van der Waals surface area (Å²) in [7, 11) is 0. The Bertz CT molecular complexity index is 1230. The van der Waals surface area contributed by atoms with Gasteiger partial charge in [0.25, 0.3) is 0 Å². The number of nitrogens with zero attached hydrogens (tertiary/aromatic N) is 6. The van der Waals surface area contributed by atoms with Gasteiger partial charge >= 0.3 is 6.18 Å². The lowest BCUT2D eigenvalue weighted by Gasteiger charge is -2.38. The summed E-state index contributed by atoms with van der Waals surface area (Å²) in [4.78, 5) is 15.9. The molecule has 6 rings (SSSR count). The number of benzene rings is 1. The van der Waals surface area contributed by atoms with Gasteiger partial charge in [-0.15, -0.1) is 5.10 Å². The summed E-state index contributed by atoms with van der Waals surface area (Å²) < 4.78 is 42.0. The van der Waals surface area contributed by atoms with E-state index in [-0.39, 0.29) is 12.0 Å². The lowest BCUT2D eigenvalue weighted by molar-refractivity contribution is -0.137. The molecule has 2 bridgehead atoms. The van der Waals surface area contributed by atoms with Crippen molar-refractivity contribution in [3.05, 3.63) is 59.3 Å². The van der Waals surface area contributed by atoms with E-state index in [1.807, 2.05) is 17.7 Å². The number of rotatable bonds is 4. The lowest BCUT2D eigenvalue weighted by Crippen LogP contribution is -2.48. The van der Waals surface area contributed by atoms with Crippen molar-refractivity contribution in [3.63, 3.8) is 0 Å². The van der Waals surface area contributed by atoms with Crippen LogP contribution in [-0.2, 0) is 12.7 Å². The van der Waals surface area contributed by atoms with E-state index >= 15 is 0 Å². The second kappa shape index (κ2) is 9.05. The molecule has 3 aromatic rings. The zero-order valence-corrected chi connectivity index (χ0v) is 20.2. The number of hydrogen-bond acceptors (Lipinski definition) is 6. The Hall–Kier alpha value is -3.17. The maximum absolute atomic E-state index is 13.4. The third-order valence-corrected chi connectivity index (χ3v) is 7.98. The second-order valence-corrected chi connectivity index (χ2v) is 10.4. The van der Waals surface area contributed by atoms with Gasteiger partial charge in [0.2, 0.25) is 5.95 Å². The Labute approximate surface area is 208 Å². The van der Waals surface area contributed by atoms with Gasteiger partial charge in [-0.25, -0.2) is 14.6 Å². The Morgan fingerprint density at radius 1 is 1.00 bits per heavy atom. The van der Waals surface area contributed by atoms with Crippen molar-refractivity contribution in [1.29, 1.82) is 0 Å². The van der Waals surface area contributed by atoms with Crippen molar-refractivity contribution < 1.29 is 13.2 Å². The molecule has 190 valence electrons. The molecule has 2 fully saturated rings. The number of fused-ring (bicyclic) bond motifs is 3. The molecule has 1 aliphatic carbocycles. The predicted molar refractivity (Wildman–Crippen MR) is 130 cm³/mol. The van der Waals surface area contributed by atoms with Crippen LogP contribution in [0, 0.1) is 18.8 Å². The first-order chi connectivity index (χ1) is 17.3. The van der Waals surface area contributed by atoms with Crippen LogP contribution >= 0.6 is 0 Å². The summed E-state index contributed by atoms with van der Waals surface area (Å²) in [6.07, 6.45) is 2.18. The molecule has 1 saturated carbocycles. The molecule has 1 saturated heterocycles. The highest BCUT2D eigenvalue weighted by Crippen LogP contribution is 2.40. The number of anilines is 2. The first-order valence-electron chi connectivity index (χ1n) is 12.8. The largest absolute Gasteiger partial charge is 0.416 e. The van der Waals surface area contributed by atoms with Gasteiger partial charge in [0.1, 0.15) is 18.0 Å². The second-order valence-electron chi connectivity index (χ2n) is 10.4. The number of alkyl halides is 3. The van der Waals surface area contributed by atoms with Crippen molar-refractivity contribution in [2.45, 2.75) is 63.7 Å². The third-order valence-electron chi connectivity index (χ3n) is 7.98. The summed E-state index contributed by atoms with van der Waals surface area (Å²) >= 11 is 0. The summed E-state index contributed by atoms with van der Waals surface area (Å²) in [5, 5.41) is 8.40. The van der Waals surface area contributed by atoms with Crippen molar-refractivity contribution in [2.75, 3.05) is 23.3 Å².